The second-order valence-corrected chi connectivity index (χ2v) is 16.5. The van der Waals surface area contributed by atoms with Crippen LogP contribution in [0.1, 0.15) is 33.2 Å². The number of nitrogens with two attached hydrogens (primary N) is 1. The summed E-state index contributed by atoms with van der Waals surface area (Å²) in [6.45, 7) is 2.78. The molecule has 6 rings (SSSR count). The first kappa shape index (κ1) is 46.1. The fourth-order valence-corrected chi connectivity index (χ4v) is 7.85. The van der Waals surface area contributed by atoms with Gasteiger partial charge in [0.2, 0.25) is 5.88 Å². The van der Waals surface area contributed by atoms with Gasteiger partial charge in [-0.1, -0.05) is 11.1 Å². The van der Waals surface area contributed by atoms with Crippen molar-refractivity contribution in [3.8, 4) is 23.1 Å². The number of fused-ring (bicyclic) bond motifs is 2. The molecule has 5 aromatic carbocycles. The van der Waals surface area contributed by atoms with E-state index in [4.69, 9.17) is 11.0 Å². The Morgan fingerprint density at radius 1 is 0.781 bits per heavy atom. The normalized spacial score (nSPS) is 12.4. The summed E-state index contributed by atoms with van der Waals surface area (Å²) in [4.78, 5) is 35.1. The summed E-state index contributed by atoms with van der Waals surface area (Å²) in [5.41, 5.74) is 1.10. The van der Waals surface area contributed by atoms with Crippen molar-refractivity contribution >= 4 is 99.8 Å². The predicted molar refractivity (Wildman–Crippen MR) is 220 cm³/mol. The highest BCUT2D eigenvalue weighted by Gasteiger charge is 2.25. The van der Waals surface area contributed by atoms with Gasteiger partial charge in [0.15, 0.2) is 11.5 Å². The third-order valence-electron chi connectivity index (χ3n) is 9.09. The van der Waals surface area contributed by atoms with Crippen LogP contribution in [0.2, 0.25) is 0 Å². The summed E-state index contributed by atoms with van der Waals surface area (Å²) in [5.74, 6) is -5.85. The lowest BCUT2D eigenvalue weighted by Gasteiger charge is -2.12. The van der Waals surface area contributed by atoms with E-state index in [9.17, 15) is 65.9 Å². The van der Waals surface area contributed by atoms with Gasteiger partial charge in [0.1, 0.15) is 39.0 Å². The van der Waals surface area contributed by atoms with Crippen LogP contribution in [0.5, 0.6) is 23.1 Å². The smallest absolute Gasteiger partial charge is 0.338 e. The van der Waals surface area contributed by atoms with Crippen molar-refractivity contribution in [2.75, 3.05) is 0 Å². The van der Waals surface area contributed by atoms with Gasteiger partial charge in [-0.25, -0.2) is 10.1 Å². The van der Waals surface area contributed by atoms with Gasteiger partial charge < -0.3 is 31.3 Å². The van der Waals surface area contributed by atoms with Crippen LogP contribution < -0.4 is 11.3 Å². The highest BCUT2D eigenvalue weighted by Crippen LogP contribution is 2.48. The van der Waals surface area contributed by atoms with Crippen molar-refractivity contribution in [1.82, 2.24) is 4.57 Å². The summed E-state index contributed by atoms with van der Waals surface area (Å²) < 4.78 is 73.1. The molecule has 0 spiro atoms. The number of carbonyl (C=O) groups excluding carboxylic acids is 1. The Bertz CT molecular complexity index is 3360. The van der Waals surface area contributed by atoms with E-state index in [1.165, 1.54) is 32.0 Å². The standard InChI is InChI=1S/C36H28N8O17S3/c1-3-44-34(49)26(33(37)48)14(2)28(35(44)50)41-38-17-5-4-15-10-25(64(57,58)59)30(31(46)20(15)11-17)43-39-18-6-7-22(21(12-18)36(51)52)40-42-29-24(62-61-60-53)9-16-8-19(63(54,55)56)13-23(45)27(16)32(29)47/h4-13,45-47,50,53H,3H2,1-2H3,(H2,37,48)(H,51,52)(H,54,55,56)(H,57,58,59). The van der Waals surface area contributed by atoms with Gasteiger partial charge in [-0.2, -0.15) is 27.1 Å². The van der Waals surface area contributed by atoms with Gasteiger partial charge >= 0.3 is 5.97 Å². The molecule has 1 aromatic heterocycles. The van der Waals surface area contributed by atoms with Crippen LogP contribution in [0.25, 0.3) is 21.5 Å². The number of carboxylic acids is 1. The van der Waals surface area contributed by atoms with Crippen molar-refractivity contribution in [2.24, 2.45) is 36.4 Å². The number of carboxylic acid groups (broad SMARTS) is 1. The summed E-state index contributed by atoms with van der Waals surface area (Å²) >= 11 is 0.211. The molecule has 0 atom stereocenters. The molecular weight excluding hydrogens is 913 g/mol. The van der Waals surface area contributed by atoms with Gasteiger partial charge in [-0.15, -0.1) is 24.8 Å². The number of hydrogen-bond acceptors (Lipinski definition) is 21. The van der Waals surface area contributed by atoms with Crippen LogP contribution >= 0.6 is 12.0 Å². The maximum Gasteiger partial charge on any atom is 0.338 e. The third kappa shape index (κ3) is 9.04. The summed E-state index contributed by atoms with van der Waals surface area (Å²) in [5, 5.41) is 88.6. The fraction of sp³-hybridized carbons (Fsp3) is 0.0833. The van der Waals surface area contributed by atoms with E-state index in [2.05, 4.69) is 40.1 Å². The Hall–Kier alpha value is -7.44. The third-order valence-corrected chi connectivity index (χ3v) is 11.4. The highest BCUT2D eigenvalue weighted by atomic mass is 32.2. The van der Waals surface area contributed by atoms with E-state index in [1.807, 2.05) is 0 Å². The van der Waals surface area contributed by atoms with E-state index in [0.717, 1.165) is 41.0 Å². The molecule has 0 fully saturated rings. The van der Waals surface area contributed by atoms with E-state index in [0.29, 0.717) is 6.07 Å². The van der Waals surface area contributed by atoms with E-state index >= 15 is 0 Å². The number of nitrogens with zero attached hydrogens (tertiary/aromatic N) is 7. The monoisotopic (exact) mass is 940 g/mol. The number of rotatable bonds is 14. The number of phenolic OH excluding ortho intramolecular Hbond substituents is 3. The first-order valence-electron chi connectivity index (χ1n) is 17.4. The van der Waals surface area contributed by atoms with Crippen LogP contribution in [-0.4, -0.2) is 73.2 Å². The highest BCUT2D eigenvalue weighted by molar-refractivity contribution is 7.94. The average molecular weight is 941 g/mol. The largest absolute Gasteiger partial charge is 0.507 e. The average Bonchev–Trinajstić information content (AvgIpc) is 3.21. The second kappa shape index (κ2) is 17.7. The lowest BCUT2D eigenvalue weighted by atomic mass is 10.1. The number of amides is 1. The number of primary amides is 1. The molecule has 1 amide bonds. The number of benzene rings is 5. The molecule has 0 saturated carbocycles. The number of carbonyl (C=O) groups is 2. The maximum atomic E-state index is 12.7. The molecular formula is C36H28N8O17S3. The van der Waals surface area contributed by atoms with Crippen molar-refractivity contribution in [3.63, 3.8) is 0 Å². The maximum absolute atomic E-state index is 12.7. The molecule has 332 valence electrons. The van der Waals surface area contributed by atoms with Gasteiger partial charge in [0.05, 0.1) is 44.2 Å². The quantitative estimate of drug-likeness (QED) is 0.0170. The fourth-order valence-electron chi connectivity index (χ4n) is 6.16. The number of aromatic hydroxyl groups is 4. The zero-order valence-electron chi connectivity index (χ0n) is 32.2. The van der Waals surface area contributed by atoms with Crippen LogP contribution in [-0.2, 0) is 36.2 Å². The molecule has 0 aliphatic heterocycles. The van der Waals surface area contributed by atoms with Gasteiger partial charge in [0.25, 0.3) is 31.7 Å². The van der Waals surface area contributed by atoms with Gasteiger partial charge in [-0.05, 0) is 73.2 Å². The molecule has 0 aliphatic rings. The number of hydrogen-bond donors (Lipinski definition) is 9. The molecule has 10 N–H and O–H groups in total. The van der Waals surface area contributed by atoms with E-state index < -0.39 is 98.8 Å². The van der Waals surface area contributed by atoms with Gasteiger partial charge in [-0.3, -0.25) is 23.3 Å². The minimum Gasteiger partial charge on any atom is -0.507 e. The predicted octanol–water partition coefficient (Wildman–Crippen LogP) is 7.27. The number of phenols is 3. The zero-order chi connectivity index (χ0) is 47.0. The molecule has 0 saturated heterocycles. The first-order chi connectivity index (χ1) is 30.1. The summed E-state index contributed by atoms with van der Waals surface area (Å²) in [7, 11) is -9.95. The number of aromatic nitrogens is 1. The Kier molecular flexibility index (Phi) is 12.8. The minimum atomic E-state index is -5.12. The van der Waals surface area contributed by atoms with Crippen molar-refractivity contribution < 1.29 is 75.7 Å². The zero-order valence-corrected chi connectivity index (χ0v) is 34.6. The molecule has 64 heavy (non-hydrogen) atoms. The molecule has 0 radical (unpaired) electrons. The molecule has 6 aromatic rings. The minimum absolute atomic E-state index is 0.0186. The van der Waals surface area contributed by atoms with E-state index in [-0.39, 0.29) is 67.7 Å². The van der Waals surface area contributed by atoms with Crippen LogP contribution in [0, 0.1) is 6.92 Å². The van der Waals surface area contributed by atoms with Crippen LogP contribution in [0.4, 0.5) is 34.1 Å². The molecule has 25 nitrogen and oxygen atoms in total. The Morgan fingerprint density at radius 2 is 1.42 bits per heavy atom. The molecule has 0 bridgehead atoms. The van der Waals surface area contributed by atoms with Crippen molar-refractivity contribution in [2.45, 2.75) is 35.1 Å². The topological polar surface area (TPSA) is 405 Å². The molecule has 0 unspecified atom stereocenters. The van der Waals surface area contributed by atoms with Gasteiger partial charge in [0, 0.05) is 23.6 Å². The number of aromatic carboxylic acids is 1. The van der Waals surface area contributed by atoms with Crippen LogP contribution in [0.3, 0.4) is 0 Å². The lowest BCUT2D eigenvalue weighted by molar-refractivity contribution is -0.432. The summed E-state index contributed by atoms with van der Waals surface area (Å²) in [6.07, 6.45) is 0. The first-order valence-corrected chi connectivity index (χ1v) is 21.0. The summed E-state index contributed by atoms with van der Waals surface area (Å²) in [6, 6.07) is 10.4. The Balaban J connectivity index is 1.40. The second-order valence-electron chi connectivity index (χ2n) is 13.0. The van der Waals surface area contributed by atoms with Crippen molar-refractivity contribution in [1.29, 1.82) is 0 Å². The molecule has 0 aliphatic carbocycles. The SMILES string of the molecule is CCn1c(O)c(N=Nc2ccc3cc(S(=O)(=O)O)c(N=Nc4ccc(N=Nc5c(SOOO)cc6cc(S(=O)(=O)O)cc(O)c6c5O)c(C(=O)O)c4)c(O)c3c2)c(C)c(C(N)=O)c1=O. The Labute approximate surface area is 361 Å². The van der Waals surface area contributed by atoms with E-state index in [1.54, 1.807) is 0 Å². The number of azo groups is 3. The molecule has 1 heterocycles. The van der Waals surface area contributed by atoms with Crippen LogP contribution in [0.15, 0.2) is 111 Å². The molecule has 28 heteroatoms. The number of pyridine rings is 1. The lowest BCUT2D eigenvalue weighted by Crippen LogP contribution is -2.30. The Morgan fingerprint density at radius 3 is 2.03 bits per heavy atom. The van der Waals surface area contributed by atoms with Crippen molar-refractivity contribution in [3.05, 3.63) is 87.7 Å².